The van der Waals surface area contributed by atoms with Crippen molar-refractivity contribution in [3.8, 4) is 11.4 Å². The van der Waals surface area contributed by atoms with E-state index in [1.807, 2.05) is 5.32 Å². The lowest BCUT2D eigenvalue weighted by Gasteiger charge is -2.20. The van der Waals surface area contributed by atoms with Crippen LogP contribution in [0.5, 0.6) is 5.75 Å². The van der Waals surface area contributed by atoms with Gasteiger partial charge in [-0.1, -0.05) is 11.6 Å². The number of halogens is 7. The molecule has 2 aromatic carbocycles. The molecule has 1 aromatic heterocycles. The molecule has 15 heteroatoms. The van der Waals surface area contributed by atoms with Crippen LogP contribution in [0.1, 0.15) is 23.1 Å². The van der Waals surface area contributed by atoms with Gasteiger partial charge in [-0.05, 0) is 25.1 Å². The van der Waals surface area contributed by atoms with Gasteiger partial charge in [-0.3, -0.25) is 9.36 Å². The minimum atomic E-state index is -4.89. The van der Waals surface area contributed by atoms with Crippen molar-refractivity contribution in [2.24, 2.45) is 0 Å². The van der Waals surface area contributed by atoms with E-state index in [-0.39, 0.29) is 25.6 Å². The maximum Gasteiger partial charge on any atom is 0.425 e. The van der Waals surface area contributed by atoms with Crippen LogP contribution >= 0.6 is 11.6 Å². The van der Waals surface area contributed by atoms with Gasteiger partial charge in [0.25, 0.3) is 5.91 Å². The number of benzene rings is 2. The van der Waals surface area contributed by atoms with Gasteiger partial charge in [0.2, 0.25) is 0 Å². The molecule has 0 radical (unpaired) electrons. The lowest BCUT2D eigenvalue weighted by molar-refractivity contribution is -0.189. The fourth-order valence-corrected chi connectivity index (χ4v) is 3.50. The van der Waals surface area contributed by atoms with Gasteiger partial charge in [0.15, 0.2) is 11.9 Å². The maximum atomic E-state index is 15.1. The molecule has 0 spiro atoms. The van der Waals surface area contributed by atoms with Crippen LogP contribution in [0.2, 0.25) is 5.02 Å². The van der Waals surface area contributed by atoms with Crippen molar-refractivity contribution < 1.29 is 40.6 Å². The van der Waals surface area contributed by atoms with E-state index < -0.39 is 69.0 Å². The first-order chi connectivity index (χ1) is 16.9. The summed E-state index contributed by atoms with van der Waals surface area (Å²) in [4.78, 5) is 25.5. The highest BCUT2D eigenvalue weighted by atomic mass is 35.5. The summed E-state index contributed by atoms with van der Waals surface area (Å²) in [5, 5.41) is 5.03. The number of amides is 1. The van der Waals surface area contributed by atoms with Gasteiger partial charge >= 0.3 is 11.9 Å². The van der Waals surface area contributed by atoms with Gasteiger partial charge in [-0.25, -0.2) is 18.0 Å². The molecule has 1 amide bonds. The Balaban J connectivity index is 1.81. The molecular formula is C21H15ClF6N4O4. The second-order valence-electron chi connectivity index (χ2n) is 7.59. The minimum absolute atomic E-state index is 0.0568. The van der Waals surface area contributed by atoms with Gasteiger partial charge in [0, 0.05) is 6.07 Å². The second-order valence-corrected chi connectivity index (χ2v) is 7.97. The average Bonchev–Trinajstić information content (AvgIpc) is 3.15. The number of carbonyl (C=O) groups is 1. The van der Waals surface area contributed by atoms with Gasteiger partial charge in [0.1, 0.15) is 40.5 Å². The minimum Gasteiger partial charge on any atom is -0.480 e. The van der Waals surface area contributed by atoms with E-state index in [1.165, 1.54) is 4.57 Å². The van der Waals surface area contributed by atoms with Crippen LogP contribution < -0.4 is 15.7 Å². The quantitative estimate of drug-likeness (QED) is 0.390. The fraction of sp³-hybridized carbons (Fsp3) is 0.286. The number of nitrogens with zero attached hydrogens (tertiary/aromatic N) is 3. The number of nitrogens with one attached hydrogen (secondary N) is 1. The molecule has 36 heavy (non-hydrogen) atoms. The molecule has 0 aliphatic carbocycles. The number of hydrogen-bond donors (Lipinski definition) is 1. The number of alkyl halides is 3. The van der Waals surface area contributed by atoms with Crippen molar-refractivity contribution in [2.75, 3.05) is 11.9 Å². The average molecular weight is 537 g/mol. The first-order valence-electron chi connectivity index (χ1n) is 10.2. The molecular weight excluding hydrogens is 522 g/mol. The van der Waals surface area contributed by atoms with Crippen LogP contribution in [-0.2, 0) is 17.9 Å². The highest BCUT2D eigenvalue weighted by molar-refractivity contribution is 6.34. The third kappa shape index (κ3) is 4.78. The fourth-order valence-electron chi connectivity index (χ4n) is 3.30. The van der Waals surface area contributed by atoms with Crippen LogP contribution in [0, 0.1) is 17.5 Å². The molecule has 0 saturated heterocycles. The number of fused-ring (bicyclic) bond motifs is 1. The largest absolute Gasteiger partial charge is 0.480 e. The summed E-state index contributed by atoms with van der Waals surface area (Å²) in [5.41, 5.74) is -3.04. The molecule has 1 N–H and O–H groups in total. The van der Waals surface area contributed by atoms with Crippen LogP contribution in [0.25, 0.3) is 5.69 Å². The molecule has 2 heterocycles. The lowest BCUT2D eigenvalue weighted by Crippen LogP contribution is -2.32. The number of carbonyl (C=O) groups excluding carboxylic acids is 1. The van der Waals surface area contributed by atoms with E-state index in [2.05, 4.69) is 5.10 Å². The Morgan fingerprint density at radius 2 is 1.89 bits per heavy atom. The topological polar surface area (TPSA) is 87.4 Å². The van der Waals surface area contributed by atoms with Crippen molar-refractivity contribution in [3.05, 3.63) is 68.6 Å². The summed E-state index contributed by atoms with van der Waals surface area (Å²) in [5.74, 6) is -5.51. The summed E-state index contributed by atoms with van der Waals surface area (Å²) in [6, 6.07) is 2.50. The van der Waals surface area contributed by atoms with Crippen LogP contribution in [-0.4, -0.2) is 39.1 Å². The standard InChI is InChI=1S/C21H15ClF6N4O4/c1-9(21(26,27)28)36-15-7-14(32-20(34)31-4-5-35-8-16(31)30-32)13(25)6-10(15)19(33)29-18-12(24)3-2-11(23)17(18)22/h2-3,6-7,9H,4-5,8H2,1H3,(H,29,33)/t9-/m0/s1. The Labute approximate surface area is 203 Å². The van der Waals surface area contributed by atoms with Gasteiger partial charge in [-0.2, -0.15) is 17.9 Å². The van der Waals surface area contributed by atoms with Crippen LogP contribution in [0.4, 0.5) is 32.0 Å². The summed E-state index contributed by atoms with van der Waals surface area (Å²) in [7, 11) is 0. The third-order valence-electron chi connectivity index (χ3n) is 5.20. The molecule has 0 saturated carbocycles. The lowest BCUT2D eigenvalue weighted by atomic mass is 10.1. The molecule has 1 aliphatic rings. The molecule has 0 unspecified atom stereocenters. The van der Waals surface area contributed by atoms with Crippen molar-refractivity contribution in [1.82, 2.24) is 14.3 Å². The summed E-state index contributed by atoms with van der Waals surface area (Å²) in [6.45, 7) is 0.882. The number of hydrogen-bond acceptors (Lipinski definition) is 5. The molecule has 8 nitrogen and oxygen atoms in total. The van der Waals surface area contributed by atoms with Crippen molar-refractivity contribution in [2.45, 2.75) is 32.4 Å². The van der Waals surface area contributed by atoms with Crippen LogP contribution in [0.15, 0.2) is 29.1 Å². The normalized spacial score (nSPS) is 14.3. The van der Waals surface area contributed by atoms with Crippen molar-refractivity contribution >= 4 is 23.2 Å². The SMILES string of the molecule is C[C@H](Oc1cc(-n2nc3n(c2=O)CCOC3)c(F)cc1C(=O)Nc1c(F)ccc(F)c1Cl)C(F)(F)F. The Morgan fingerprint density at radius 1 is 1.19 bits per heavy atom. The molecule has 0 bridgehead atoms. The van der Waals surface area contributed by atoms with Crippen molar-refractivity contribution in [3.63, 3.8) is 0 Å². The number of anilines is 1. The maximum absolute atomic E-state index is 15.1. The molecule has 4 rings (SSSR count). The Morgan fingerprint density at radius 3 is 2.56 bits per heavy atom. The number of aromatic nitrogens is 3. The number of rotatable bonds is 5. The summed E-state index contributed by atoms with van der Waals surface area (Å²) in [6.07, 6.45) is -7.36. The smallest absolute Gasteiger partial charge is 0.425 e. The van der Waals surface area contributed by atoms with E-state index in [1.54, 1.807) is 0 Å². The molecule has 192 valence electrons. The molecule has 3 aromatic rings. The number of ether oxygens (including phenoxy) is 2. The van der Waals surface area contributed by atoms with E-state index >= 15 is 4.39 Å². The first-order valence-corrected chi connectivity index (χ1v) is 10.5. The second kappa shape index (κ2) is 9.50. The van der Waals surface area contributed by atoms with Gasteiger partial charge < -0.3 is 14.8 Å². The zero-order valence-corrected chi connectivity index (χ0v) is 18.9. The van der Waals surface area contributed by atoms with Crippen molar-refractivity contribution in [1.29, 1.82) is 0 Å². The summed E-state index contributed by atoms with van der Waals surface area (Å²) >= 11 is 5.67. The molecule has 0 fully saturated rings. The monoisotopic (exact) mass is 536 g/mol. The highest BCUT2D eigenvalue weighted by Gasteiger charge is 2.39. The predicted molar refractivity (Wildman–Crippen MR) is 113 cm³/mol. The van der Waals surface area contributed by atoms with Gasteiger partial charge in [0.05, 0.1) is 24.4 Å². The summed E-state index contributed by atoms with van der Waals surface area (Å²) < 4.78 is 94.4. The van der Waals surface area contributed by atoms with E-state index in [0.29, 0.717) is 35.9 Å². The van der Waals surface area contributed by atoms with Gasteiger partial charge in [-0.15, -0.1) is 5.10 Å². The zero-order valence-electron chi connectivity index (χ0n) is 18.1. The Bertz CT molecular complexity index is 1400. The van der Waals surface area contributed by atoms with E-state index in [0.717, 1.165) is 0 Å². The van der Waals surface area contributed by atoms with E-state index in [4.69, 9.17) is 21.1 Å². The highest BCUT2D eigenvalue weighted by Crippen LogP contribution is 2.33. The molecule has 1 aliphatic heterocycles. The Hall–Kier alpha value is -3.52. The first kappa shape index (κ1) is 25.6. The molecule has 1 atom stereocenters. The predicted octanol–water partition coefficient (Wildman–Crippen LogP) is 4.22. The Kier molecular flexibility index (Phi) is 6.75. The van der Waals surface area contributed by atoms with E-state index in [9.17, 15) is 31.5 Å². The van der Waals surface area contributed by atoms with Crippen LogP contribution in [0.3, 0.4) is 0 Å². The third-order valence-corrected chi connectivity index (χ3v) is 5.57. The zero-order chi connectivity index (χ0) is 26.4.